The van der Waals surface area contributed by atoms with Crippen LogP contribution in [0.2, 0.25) is 19.6 Å². The third-order valence-corrected chi connectivity index (χ3v) is 6.29. The summed E-state index contributed by atoms with van der Waals surface area (Å²) in [6, 6.07) is 15.1. The highest BCUT2D eigenvalue weighted by Gasteiger charge is 2.29. The lowest BCUT2D eigenvalue weighted by Gasteiger charge is -2.22. The van der Waals surface area contributed by atoms with Gasteiger partial charge in [0.05, 0.1) is 14.2 Å². The maximum atomic E-state index is 10.1. The molecule has 20 heavy (non-hydrogen) atoms. The van der Waals surface area contributed by atoms with Crippen molar-refractivity contribution >= 4 is 13.3 Å². The van der Waals surface area contributed by atoms with Gasteiger partial charge < -0.3 is 5.11 Å². The van der Waals surface area contributed by atoms with Crippen LogP contribution in [-0.4, -0.2) is 19.3 Å². The van der Waals surface area contributed by atoms with E-state index in [9.17, 15) is 5.11 Å². The van der Waals surface area contributed by atoms with Gasteiger partial charge in [0.25, 0.3) is 0 Å². The van der Waals surface area contributed by atoms with Crippen molar-refractivity contribution in [2.75, 3.05) is 0 Å². The van der Waals surface area contributed by atoms with Gasteiger partial charge in [0.15, 0.2) is 0 Å². The smallest absolute Gasteiger partial charge is 0.0779 e. The molecule has 1 nitrogen and oxygen atoms in total. The van der Waals surface area contributed by atoms with Gasteiger partial charge in [-0.05, 0) is 35.1 Å². The second kappa shape index (κ2) is 4.87. The van der Waals surface area contributed by atoms with Gasteiger partial charge in [0, 0.05) is 0 Å². The monoisotopic (exact) mass is 282 g/mol. The fourth-order valence-corrected chi connectivity index (χ4v) is 5.04. The predicted molar refractivity (Wildman–Crippen MR) is 88.3 cm³/mol. The molecular formula is C18H22OSi. The summed E-state index contributed by atoms with van der Waals surface area (Å²) < 4.78 is 0. The minimum absolute atomic E-state index is 0.204. The van der Waals surface area contributed by atoms with Crippen LogP contribution in [0.1, 0.15) is 11.1 Å². The summed E-state index contributed by atoms with van der Waals surface area (Å²) in [5.74, 6) is 0. The SMILES string of the molecule is C[Si](C)(C)c1ccc(-c2ccccc2)c2c1C[C@H](O)C2. The van der Waals surface area contributed by atoms with E-state index < -0.39 is 8.07 Å². The van der Waals surface area contributed by atoms with Crippen LogP contribution in [0, 0.1) is 0 Å². The molecule has 2 heteroatoms. The molecule has 0 saturated carbocycles. The molecule has 0 heterocycles. The van der Waals surface area contributed by atoms with Crippen molar-refractivity contribution in [3.63, 3.8) is 0 Å². The average Bonchev–Trinajstić information content (AvgIpc) is 2.78. The Labute approximate surface area is 122 Å². The Morgan fingerprint density at radius 2 is 1.55 bits per heavy atom. The number of aliphatic hydroxyl groups excluding tert-OH is 1. The zero-order valence-electron chi connectivity index (χ0n) is 12.5. The first kappa shape index (κ1) is 13.6. The summed E-state index contributed by atoms with van der Waals surface area (Å²) in [4.78, 5) is 0. The van der Waals surface area contributed by atoms with Gasteiger partial charge in [0.2, 0.25) is 0 Å². The molecule has 1 atom stereocenters. The molecule has 2 aromatic rings. The maximum Gasteiger partial charge on any atom is 0.0779 e. The second-order valence-corrected chi connectivity index (χ2v) is 11.8. The van der Waals surface area contributed by atoms with Crippen LogP contribution in [0.4, 0.5) is 0 Å². The molecule has 0 fully saturated rings. The van der Waals surface area contributed by atoms with E-state index in [4.69, 9.17) is 0 Å². The Hall–Kier alpha value is -1.38. The van der Waals surface area contributed by atoms with E-state index in [-0.39, 0.29) is 6.10 Å². The minimum Gasteiger partial charge on any atom is -0.392 e. The van der Waals surface area contributed by atoms with Crippen molar-refractivity contribution in [2.45, 2.75) is 38.6 Å². The van der Waals surface area contributed by atoms with Gasteiger partial charge in [-0.3, -0.25) is 0 Å². The lowest BCUT2D eigenvalue weighted by molar-refractivity contribution is 0.187. The van der Waals surface area contributed by atoms with Crippen LogP contribution in [0.25, 0.3) is 11.1 Å². The predicted octanol–water partition coefficient (Wildman–Crippen LogP) is 3.36. The maximum absolute atomic E-state index is 10.1. The van der Waals surface area contributed by atoms with Crippen LogP contribution in [0.5, 0.6) is 0 Å². The molecule has 2 aromatic carbocycles. The van der Waals surface area contributed by atoms with Gasteiger partial charge in [0.1, 0.15) is 0 Å². The number of benzene rings is 2. The molecule has 0 spiro atoms. The Kier molecular flexibility index (Phi) is 3.31. The van der Waals surface area contributed by atoms with Crippen molar-refractivity contribution in [3.05, 3.63) is 53.6 Å². The van der Waals surface area contributed by atoms with Crippen LogP contribution >= 0.6 is 0 Å². The summed E-state index contributed by atoms with van der Waals surface area (Å²) >= 11 is 0. The van der Waals surface area contributed by atoms with Gasteiger partial charge in [-0.25, -0.2) is 0 Å². The summed E-state index contributed by atoms with van der Waals surface area (Å²) in [7, 11) is -1.35. The first-order chi connectivity index (χ1) is 9.47. The molecule has 3 rings (SSSR count). The zero-order valence-corrected chi connectivity index (χ0v) is 13.5. The van der Waals surface area contributed by atoms with Crippen LogP contribution < -0.4 is 5.19 Å². The molecule has 1 N–H and O–H groups in total. The van der Waals surface area contributed by atoms with E-state index in [2.05, 4.69) is 62.1 Å². The van der Waals surface area contributed by atoms with Gasteiger partial charge in [-0.1, -0.05) is 67.3 Å². The molecule has 0 aromatic heterocycles. The van der Waals surface area contributed by atoms with E-state index in [1.54, 1.807) is 0 Å². The summed E-state index contributed by atoms with van der Waals surface area (Å²) in [6.45, 7) is 7.15. The van der Waals surface area contributed by atoms with Crippen molar-refractivity contribution in [1.29, 1.82) is 0 Å². The van der Waals surface area contributed by atoms with E-state index >= 15 is 0 Å². The fraction of sp³-hybridized carbons (Fsp3) is 0.333. The van der Waals surface area contributed by atoms with E-state index in [1.165, 1.54) is 27.4 Å². The van der Waals surface area contributed by atoms with Gasteiger partial charge in [-0.2, -0.15) is 0 Å². The minimum atomic E-state index is -1.35. The number of fused-ring (bicyclic) bond motifs is 1. The second-order valence-electron chi connectivity index (χ2n) is 6.80. The molecule has 0 saturated heterocycles. The first-order valence-electron chi connectivity index (χ1n) is 7.35. The molecule has 1 aliphatic rings. The number of rotatable bonds is 2. The number of hydrogen-bond acceptors (Lipinski definition) is 1. The van der Waals surface area contributed by atoms with Crippen molar-refractivity contribution < 1.29 is 5.11 Å². The third kappa shape index (κ3) is 2.34. The highest BCUT2D eigenvalue weighted by molar-refractivity contribution is 6.89. The van der Waals surface area contributed by atoms with Gasteiger partial charge >= 0.3 is 0 Å². The van der Waals surface area contributed by atoms with Crippen LogP contribution in [0.15, 0.2) is 42.5 Å². The largest absolute Gasteiger partial charge is 0.392 e. The molecule has 0 bridgehead atoms. The van der Waals surface area contributed by atoms with E-state index in [0.717, 1.165) is 12.8 Å². The molecule has 0 aliphatic heterocycles. The Balaban J connectivity index is 2.19. The lowest BCUT2D eigenvalue weighted by Crippen LogP contribution is -2.40. The highest BCUT2D eigenvalue weighted by Crippen LogP contribution is 2.32. The highest BCUT2D eigenvalue weighted by atomic mass is 28.3. The summed E-state index contributed by atoms with van der Waals surface area (Å²) in [5, 5.41) is 11.6. The molecule has 0 unspecified atom stereocenters. The number of aliphatic hydroxyl groups is 1. The molecule has 0 radical (unpaired) electrons. The Morgan fingerprint density at radius 1 is 0.900 bits per heavy atom. The van der Waals surface area contributed by atoms with Crippen molar-refractivity contribution in [1.82, 2.24) is 0 Å². The molecule has 104 valence electrons. The number of hydrogen-bond donors (Lipinski definition) is 1. The van der Waals surface area contributed by atoms with E-state index in [0.29, 0.717) is 0 Å². The first-order valence-corrected chi connectivity index (χ1v) is 10.9. The Bertz CT molecular complexity index is 626. The van der Waals surface area contributed by atoms with Crippen LogP contribution in [-0.2, 0) is 12.8 Å². The normalized spacial score (nSPS) is 18.1. The summed E-state index contributed by atoms with van der Waals surface area (Å²) in [5.41, 5.74) is 5.38. The topological polar surface area (TPSA) is 20.2 Å². The Morgan fingerprint density at radius 3 is 2.20 bits per heavy atom. The van der Waals surface area contributed by atoms with Gasteiger partial charge in [-0.15, -0.1) is 0 Å². The zero-order chi connectivity index (χ0) is 14.3. The van der Waals surface area contributed by atoms with Crippen molar-refractivity contribution in [3.8, 4) is 11.1 Å². The quantitative estimate of drug-likeness (QED) is 0.838. The summed E-state index contributed by atoms with van der Waals surface area (Å²) in [6.07, 6.45) is 1.43. The standard InChI is InChI=1S/C18H22OSi/c1-20(2,3)18-10-9-15(13-7-5-4-6-8-13)16-11-14(19)12-17(16)18/h4-10,14,19H,11-12H2,1-3H3/t14-/m1/s1. The fourth-order valence-electron chi connectivity index (χ4n) is 3.29. The molecule has 0 amide bonds. The molecule has 1 aliphatic carbocycles. The lowest BCUT2D eigenvalue weighted by atomic mass is 9.97. The van der Waals surface area contributed by atoms with Crippen molar-refractivity contribution in [2.24, 2.45) is 0 Å². The molecular weight excluding hydrogens is 260 g/mol. The third-order valence-electron chi connectivity index (χ3n) is 4.20. The van der Waals surface area contributed by atoms with Crippen LogP contribution in [0.3, 0.4) is 0 Å². The average molecular weight is 282 g/mol. The van der Waals surface area contributed by atoms with E-state index in [1.807, 2.05) is 0 Å².